The molecule has 0 aliphatic carbocycles. The van der Waals surface area contributed by atoms with Crippen LogP contribution in [0.2, 0.25) is 0 Å². The van der Waals surface area contributed by atoms with E-state index in [0.29, 0.717) is 0 Å². The van der Waals surface area contributed by atoms with Gasteiger partial charge >= 0.3 is 0 Å². The normalized spacial score (nSPS) is 11.4. The summed E-state index contributed by atoms with van der Waals surface area (Å²) in [5.74, 6) is 0.899. The number of rotatable bonds is 6. The van der Waals surface area contributed by atoms with Crippen molar-refractivity contribution in [2.75, 3.05) is 20.1 Å². The molecule has 0 atom stereocenters. The van der Waals surface area contributed by atoms with E-state index in [4.69, 9.17) is 0 Å². The highest BCUT2D eigenvalue weighted by molar-refractivity contribution is 5.79. The Balaban J connectivity index is 2.25. The van der Waals surface area contributed by atoms with Crippen molar-refractivity contribution in [3.8, 4) is 0 Å². The Morgan fingerprint density at radius 3 is 2.39 bits per heavy atom. The monoisotopic (exact) mass is 247 g/mol. The first kappa shape index (κ1) is 14.6. The quantitative estimate of drug-likeness (QED) is 0.460. The molecule has 0 saturated heterocycles. The molecule has 0 spiro atoms. The Morgan fingerprint density at radius 2 is 1.78 bits per heavy atom. The summed E-state index contributed by atoms with van der Waals surface area (Å²) in [4.78, 5) is 4.20. The van der Waals surface area contributed by atoms with Crippen molar-refractivity contribution in [3.63, 3.8) is 0 Å². The Morgan fingerprint density at radius 1 is 1.11 bits per heavy atom. The minimum atomic E-state index is 0.899. The molecule has 0 radical (unpaired) electrons. The number of aliphatic imine (C=N–C) groups is 1. The number of hydrogen-bond acceptors (Lipinski definition) is 1. The summed E-state index contributed by atoms with van der Waals surface area (Å²) in [5, 5.41) is 6.63. The van der Waals surface area contributed by atoms with Gasteiger partial charge in [0.2, 0.25) is 0 Å². The van der Waals surface area contributed by atoms with Crippen molar-refractivity contribution < 1.29 is 0 Å². The number of unbranched alkanes of at least 4 members (excludes halogenated alkanes) is 1. The van der Waals surface area contributed by atoms with Crippen LogP contribution in [0.1, 0.15) is 30.9 Å². The average molecular weight is 247 g/mol. The van der Waals surface area contributed by atoms with Crippen LogP contribution in [0, 0.1) is 6.92 Å². The summed E-state index contributed by atoms with van der Waals surface area (Å²) in [6, 6.07) is 8.68. The second-order valence-corrected chi connectivity index (χ2v) is 4.51. The van der Waals surface area contributed by atoms with Crippen LogP contribution >= 0.6 is 0 Å². The molecule has 0 aliphatic heterocycles. The largest absolute Gasteiger partial charge is 0.356 e. The zero-order chi connectivity index (χ0) is 13.2. The summed E-state index contributed by atoms with van der Waals surface area (Å²) >= 11 is 0. The van der Waals surface area contributed by atoms with E-state index in [0.717, 1.165) is 25.5 Å². The van der Waals surface area contributed by atoms with Crippen LogP contribution in [0.4, 0.5) is 0 Å². The molecular formula is C15H25N3. The minimum Gasteiger partial charge on any atom is -0.356 e. The first-order valence-corrected chi connectivity index (χ1v) is 6.76. The second-order valence-electron chi connectivity index (χ2n) is 4.51. The highest BCUT2D eigenvalue weighted by atomic mass is 15.2. The molecule has 0 bridgehead atoms. The summed E-state index contributed by atoms with van der Waals surface area (Å²) in [7, 11) is 1.81. The summed E-state index contributed by atoms with van der Waals surface area (Å²) in [6.45, 7) is 6.20. The van der Waals surface area contributed by atoms with Crippen LogP contribution < -0.4 is 10.6 Å². The lowest BCUT2D eigenvalue weighted by molar-refractivity contribution is 0.726. The maximum absolute atomic E-state index is 4.20. The zero-order valence-electron chi connectivity index (χ0n) is 11.8. The molecule has 3 nitrogen and oxygen atoms in total. The summed E-state index contributed by atoms with van der Waals surface area (Å²) < 4.78 is 0. The number of aryl methyl sites for hydroxylation is 1. The van der Waals surface area contributed by atoms with Gasteiger partial charge in [-0.2, -0.15) is 0 Å². The molecule has 0 amide bonds. The highest BCUT2D eigenvalue weighted by Gasteiger charge is 1.97. The molecular weight excluding hydrogens is 222 g/mol. The topological polar surface area (TPSA) is 36.4 Å². The lowest BCUT2D eigenvalue weighted by atomic mass is 10.1. The number of benzene rings is 1. The molecule has 100 valence electrons. The van der Waals surface area contributed by atoms with Gasteiger partial charge in [-0.05, 0) is 25.3 Å². The summed E-state index contributed by atoms with van der Waals surface area (Å²) in [5.41, 5.74) is 2.67. The smallest absolute Gasteiger partial charge is 0.190 e. The van der Waals surface area contributed by atoms with E-state index in [2.05, 4.69) is 53.7 Å². The van der Waals surface area contributed by atoms with Crippen molar-refractivity contribution in [1.82, 2.24) is 10.6 Å². The first-order valence-electron chi connectivity index (χ1n) is 6.76. The molecule has 1 aromatic rings. The molecule has 2 N–H and O–H groups in total. The molecule has 18 heavy (non-hydrogen) atoms. The van der Waals surface area contributed by atoms with Gasteiger partial charge in [0, 0.05) is 20.1 Å². The maximum Gasteiger partial charge on any atom is 0.190 e. The molecule has 0 saturated carbocycles. The van der Waals surface area contributed by atoms with Gasteiger partial charge in [0.25, 0.3) is 0 Å². The third-order valence-electron chi connectivity index (χ3n) is 2.87. The highest BCUT2D eigenvalue weighted by Crippen LogP contribution is 2.02. The molecule has 3 heteroatoms. The maximum atomic E-state index is 4.20. The molecule has 0 aliphatic rings. The first-order chi connectivity index (χ1) is 8.76. The van der Waals surface area contributed by atoms with E-state index < -0.39 is 0 Å². The zero-order valence-corrected chi connectivity index (χ0v) is 11.8. The van der Waals surface area contributed by atoms with Crippen LogP contribution in [0.25, 0.3) is 0 Å². The molecule has 0 aromatic heterocycles. The van der Waals surface area contributed by atoms with Gasteiger partial charge in [-0.25, -0.2) is 0 Å². The van der Waals surface area contributed by atoms with Crippen LogP contribution in [-0.2, 0) is 6.42 Å². The molecule has 1 rings (SSSR count). The fraction of sp³-hybridized carbons (Fsp3) is 0.533. The van der Waals surface area contributed by atoms with Gasteiger partial charge in [-0.1, -0.05) is 43.2 Å². The van der Waals surface area contributed by atoms with E-state index >= 15 is 0 Å². The SMILES string of the molecule is CCCCNC(=NC)NCCc1ccc(C)cc1. The van der Waals surface area contributed by atoms with Crippen LogP contribution in [-0.4, -0.2) is 26.1 Å². The number of guanidine groups is 1. The van der Waals surface area contributed by atoms with E-state index in [1.165, 1.54) is 24.0 Å². The van der Waals surface area contributed by atoms with Crippen molar-refractivity contribution in [1.29, 1.82) is 0 Å². The molecule has 1 aromatic carbocycles. The van der Waals surface area contributed by atoms with Gasteiger partial charge in [0.15, 0.2) is 5.96 Å². The average Bonchev–Trinajstić information content (AvgIpc) is 2.39. The van der Waals surface area contributed by atoms with Crippen molar-refractivity contribution in [2.45, 2.75) is 33.1 Å². The van der Waals surface area contributed by atoms with Crippen LogP contribution in [0.5, 0.6) is 0 Å². The fourth-order valence-electron chi connectivity index (χ4n) is 1.68. The van der Waals surface area contributed by atoms with Gasteiger partial charge in [-0.15, -0.1) is 0 Å². The number of hydrogen-bond donors (Lipinski definition) is 2. The molecule has 0 heterocycles. The minimum absolute atomic E-state index is 0.899. The predicted molar refractivity (Wildman–Crippen MR) is 79.2 cm³/mol. The Kier molecular flexibility index (Phi) is 6.92. The fourth-order valence-corrected chi connectivity index (χ4v) is 1.68. The number of nitrogens with one attached hydrogen (secondary N) is 2. The van der Waals surface area contributed by atoms with Gasteiger partial charge in [0.05, 0.1) is 0 Å². The summed E-state index contributed by atoms with van der Waals surface area (Å²) in [6.07, 6.45) is 3.40. The van der Waals surface area contributed by atoms with Crippen molar-refractivity contribution >= 4 is 5.96 Å². The second kappa shape index (κ2) is 8.56. The lowest BCUT2D eigenvalue weighted by Crippen LogP contribution is -2.38. The van der Waals surface area contributed by atoms with Gasteiger partial charge in [0.1, 0.15) is 0 Å². The molecule has 0 unspecified atom stereocenters. The van der Waals surface area contributed by atoms with Crippen molar-refractivity contribution in [3.05, 3.63) is 35.4 Å². The molecule has 0 fully saturated rings. The number of nitrogens with zero attached hydrogens (tertiary/aromatic N) is 1. The third kappa shape index (κ3) is 5.71. The van der Waals surface area contributed by atoms with E-state index in [-0.39, 0.29) is 0 Å². The van der Waals surface area contributed by atoms with Gasteiger partial charge < -0.3 is 10.6 Å². The lowest BCUT2D eigenvalue weighted by Gasteiger charge is -2.11. The Hall–Kier alpha value is -1.51. The van der Waals surface area contributed by atoms with E-state index in [1.807, 2.05) is 7.05 Å². The van der Waals surface area contributed by atoms with Gasteiger partial charge in [-0.3, -0.25) is 4.99 Å². The van der Waals surface area contributed by atoms with E-state index in [9.17, 15) is 0 Å². The van der Waals surface area contributed by atoms with E-state index in [1.54, 1.807) is 0 Å². The predicted octanol–water partition coefficient (Wildman–Crippen LogP) is 2.50. The third-order valence-corrected chi connectivity index (χ3v) is 2.87. The Bertz CT molecular complexity index is 355. The standard InChI is InChI=1S/C15H25N3/c1-4-5-11-17-15(16-3)18-12-10-14-8-6-13(2)7-9-14/h6-9H,4-5,10-12H2,1-3H3,(H2,16,17,18). The van der Waals surface area contributed by atoms with Crippen molar-refractivity contribution in [2.24, 2.45) is 4.99 Å². The van der Waals surface area contributed by atoms with Crippen LogP contribution in [0.15, 0.2) is 29.3 Å². The van der Waals surface area contributed by atoms with Crippen LogP contribution in [0.3, 0.4) is 0 Å². The Labute approximate surface area is 111 Å².